The quantitative estimate of drug-likeness (QED) is 0.636. The van der Waals surface area contributed by atoms with Gasteiger partial charge in [0.25, 0.3) is 10.1 Å². The van der Waals surface area contributed by atoms with Crippen molar-refractivity contribution >= 4 is 39.7 Å². The Morgan fingerprint density at radius 1 is 1.00 bits per heavy atom. The van der Waals surface area contributed by atoms with Gasteiger partial charge in [0.1, 0.15) is 0 Å². The van der Waals surface area contributed by atoms with E-state index in [1.165, 1.54) is 19.3 Å². The Labute approximate surface area is 148 Å². The van der Waals surface area contributed by atoms with Gasteiger partial charge in [0.05, 0.1) is 10.5 Å². The third-order valence-corrected chi connectivity index (χ3v) is 6.67. The van der Waals surface area contributed by atoms with Crippen molar-refractivity contribution in [1.29, 1.82) is 0 Å². The summed E-state index contributed by atoms with van der Waals surface area (Å²) in [5.41, 5.74) is -0.410. The van der Waals surface area contributed by atoms with Crippen LogP contribution in [0.2, 0.25) is 0 Å². The first kappa shape index (κ1) is 16.0. The zero-order chi connectivity index (χ0) is 13.8. The molecule has 0 aliphatic heterocycles. The Balaban J connectivity index is 0.00000132. The van der Waals surface area contributed by atoms with Crippen LogP contribution in [0.5, 0.6) is 0 Å². The van der Waals surface area contributed by atoms with E-state index in [1.807, 2.05) is 0 Å². The molecule has 5 rings (SSSR count). The average Bonchev–Trinajstić information content (AvgIpc) is 2.36. The first-order valence-corrected chi connectivity index (χ1v) is 8.87. The van der Waals surface area contributed by atoms with E-state index in [1.54, 1.807) is 24.3 Å². The summed E-state index contributed by atoms with van der Waals surface area (Å²) in [6.07, 6.45) is 6.63. The summed E-state index contributed by atoms with van der Waals surface area (Å²) in [5.74, 6) is 2.04. The molecule has 0 spiro atoms. The van der Waals surface area contributed by atoms with E-state index in [4.69, 9.17) is 4.18 Å². The molecule has 1 aromatic carbocycles. The second-order valence-corrected chi connectivity index (χ2v) is 8.42. The summed E-state index contributed by atoms with van der Waals surface area (Å²) in [5, 5.41) is 0. The van der Waals surface area contributed by atoms with Crippen LogP contribution < -0.4 is 0 Å². The zero-order valence-electron chi connectivity index (χ0n) is 11.4. The topological polar surface area (TPSA) is 43.4 Å². The molecule has 4 bridgehead atoms. The van der Waals surface area contributed by atoms with Gasteiger partial charge in [-0.1, -0.05) is 12.1 Å². The van der Waals surface area contributed by atoms with Crippen molar-refractivity contribution in [1.82, 2.24) is 0 Å². The monoisotopic (exact) mass is 315 g/mol. The molecule has 1 radical (unpaired) electrons. The Morgan fingerprint density at radius 2 is 1.48 bits per heavy atom. The van der Waals surface area contributed by atoms with Crippen LogP contribution in [0.3, 0.4) is 0 Å². The molecule has 5 heteroatoms. The molecule has 0 aromatic heterocycles. The van der Waals surface area contributed by atoms with Crippen molar-refractivity contribution in [2.45, 2.75) is 49.0 Å². The van der Waals surface area contributed by atoms with Crippen LogP contribution in [-0.4, -0.2) is 43.6 Å². The molecule has 4 aliphatic rings. The molecule has 0 amide bonds. The van der Waals surface area contributed by atoms with Gasteiger partial charge in [0.15, 0.2) is 0 Å². The van der Waals surface area contributed by atoms with Gasteiger partial charge in [-0.25, -0.2) is 0 Å². The zero-order valence-corrected chi connectivity index (χ0v) is 12.2. The molecule has 4 saturated carbocycles. The molecule has 21 heavy (non-hydrogen) atoms. The molecule has 109 valence electrons. The number of hydrogen-bond acceptors (Lipinski definition) is 3. The van der Waals surface area contributed by atoms with Crippen molar-refractivity contribution in [3.8, 4) is 0 Å². The molecule has 3 nitrogen and oxygen atoms in total. The van der Waals surface area contributed by atoms with Gasteiger partial charge in [0, 0.05) is 0 Å². The third-order valence-electron chi connectivity index (χ3n) is 5.24. The number of hydrogen-bond donors (Lipinski definition) is 0. The van der Waals surface area contributed by atoms with Gasteiger partial charge in [0.2, 0.25) is 0 Å². The fraction of sp³-hybridized carbons (Fsp3) is 0.625. The minimum absolute atomic E-state index is 0. The molecule has 0 N–H and O–H groups in total. The van der Waals surface area contributed by atoms with Crippen LogP contribution in [0, 0.1) is 23.8 Å². The molecule has 0 saturated heterocycles. The van der Waals surface area contributed by atoms with Crippen LogP contribution in [-0.2, 0) is 14.3 Å². The summed E-state index contributed by atoms with van der Waals surface area (Å²) in [4.78, 5) is 0.256. The van der Waals surface area contributed by atoms with E-state index in [9.17, 15) is 8.42 Å². The summed E-state index contributed by atoms with van der Waals surface area (Å²) in [7, 11) is -3.64. The minimum atomic E-state index is -3.64. The molecule has 0 unspecified atom stereocenters. The van der Waals surface area contributed by atoms with Gasteiger partial charge in [-0.05, 0) is 74.5 Å². The molecular formula is C16H20NaO3S. The molecular weight excluding hydrogens is 295 g/mol. The maximum absolute atomic E-state index is 12.5. The van der Waals surface area contributed by atoms with E-state index < -0.39 is 15.7 Å². The second-order valence-electron chi connectivity index (χ2n) is 6.87. The fourth-order valence-electron chi connectivity index (χ4n) is 4.95. The molecule has 1 aromatic rings. The van der Waals surface area contributed by atoms with Crippen molar-refractivity contribution in [2.24, 2.45) is 17.8 Å². The van der Waals surface area contributed by atoms with Crippen molar-refractivity contribution in [3.63, 3.8) is 0 Å². The standard InChI is InChI=1S/C16H19O3S.Na.H/c17-20(18,15-4-2-1-3-5-15)19-16-9-12-6-13(10-16)8-14(7-12)11-16;;/h2-5,12-14H,6-11H2;;. The summed E-state index contributed by atoms with van der Waals surface area (Å²) in [6.45, 7) is 0. The summed E-state index contributed by atoms with van der Waals surface area (Å²) < 4.78 is 30.7. The van der Waals surface area contributed by atoms with E-state index in [0.29, 0.717) is 17.8 Å². The van der Waals surface area contributed by atoms with Crippen LogP contribution in [0.25, 0.3) is 0 Å². The third kappa shape index (κ3) is 2.98. The van der Waals surface area contributed by atoms with Gasteiger partial charge in [-0.2, -0.15) is 8.42 Å². The molecule has 4 fully saturated rings. The first-order valence-electron chi connectivity index (χ1n) is 7.46. The Hall–Kier alpha value is 0.130. The van der Waals surface area contributed by atoms with E-state index in [0.717, 1.165) is 19.3 Å². The van der Waals surface area contributed by atoms with Crippen LogP contribution in [0.4, 0.5) is 0 Å². The van der Waals surface area contributed by atoms with Crippen LogP contribution in [0.1, 0.15) is 38.5 Å². The van der Waals surface area contributed by atoms with Crippen LogP contribution >= 0.6 is 0 Å². The normalized spacial score (nSPS) is 37.2. The summed E-state index contributed by atoms with van der Waals surface area (Å²) in [6, 6.07) is 9.22. The second kappa shape index (κ2) is 5.64. The summed E-state index contributed by atoms with van der Waals surface area (Å²) >= 11 is 0. The van der Waals surface area contributed by atoms with Crippen LogP contribution in [0.15, 0.2) is 29.2 Å². The van der Waals surface area contributed by atoms with Crippen molar-refractivity contribution in [3.05, 3.63) is 30.3 Å². The number of rotatable bonds is 3. The van der Waals surface area contributed by atoms with Crippen molar-refractivity contribution in [2.75, 3.05) is 0 Å². The average molecular weight is 315 g/mol. The predicted octanol–water partition coefficient (Wildman–Crippen LogP) is 2.51. The SMILES string of the molecule is O=S(=O)(OC12CC3CC(CC(C3)C1)C2)c1cc[c]cc1.[NaH]. The molecule has 0 heterocycles. The predicted molar refractivity (Wildman–Crippen MR) is 81.6 cm³/mol. The van der Waals surface area contributed by atoms with E-state index >= 15 is 0 Å². The Kier molecular flexibility index (Phi) is 4.30. The first-order chi connectivity index (χ1) is 9.55. The van der Waals surface area contributed by atoms with Gasteiger partial charge in [-0.3, -0.25) is 4.18 Å². The Morgan fingerprint density at radius 3 is 1.95 bits per heavy atom. The molecule has 4 aliphatic carbocycles. The van der Waals surface area contributed by atoms with Crippen molar-refractivity contribution < 1.29 is 12.6 Å². The van der Waals surface area contributed by atoms with E-state index in [-0.39, 0.29) is 34.5 Å². The van der Waals surface area contributed by atoms with Gasteiger partial charge >= 0.3 is 29.6 Å². The van der Waals surface area contributed by atoms with Gasteiger partial charge in [-0.15, -0.1) is 0 Å². The number of benzene rings is 1. The van der Waals surface area contributed by atoms with Gasteiger partial charge < -0.3 is 0 Å². The van der Waals surface area contributed by atoms with E-state index in [2.05, 4.69) is 6.07 Å². The fourth-order valence-corrected chi connectivity index (χ4v) is 6.19. The molecule has 0 atom stereocenters. The maximum atomic E-state index is 12.5. The Bertz CT molecular complexity index is 576.